The van der Waals surface area contributed by atoms with Crippen LogP contribution in [0.4, 0.5) is 0 Å². The number of rotatable bonds is 3. The number of hydrogen-bond donors (Lipinski definition) is 1. The lowest BCUT2D eigenvalue weighted by Gasteiger charge is -2.09. The van der Waals surface area contributed by atoms with E-state index in [2.05, 4.69) is 42.4 Å². The van der Waals surface area contributed by atoms with E-state index >= 15 is 0 Å². The molecule has 7 heteroatoms. The summed E-state index contributed by atoms with van der Waals surface area (Å²) >= 11 is 6.91. The van der Waals surface area contributed by atoms with Crippen LogP contribution in [-0.2, 0) is 4.79 Å². The van der Waals surface area contributed by atoms with Crippen LogP contribution in [0.1, 0.15) is 18.9 Å². The molecule has 1 N–H and O–H groups in total. The summed E-state index contributed by atoms with van der Waals surface area (Å²) < 4.78 is 10.2. The first-order valence-electron chi connectivity index (χ1n) is 6.03. The van der Waals surface area contributed by atoms with Gasteiger partial charge in [-0.25, -0.2) is 5.43 Å². The topological polar surface area (TPSA) is 59.9 Å². The van der Waals surface area contributed by atoms with Gasteiger partial charge in [-0.3, -0.25) is 4.79 Å². The third-order valence-corrected chi connectivity index (χ3v) is 5.85. The molecule has 0 bridgehead atoms. The van der Waals surface area contributed by atoms with Gasteiger partial charge in [0, 0.05) is 0 Å². The lowest BCUT2D eigenvalue weighted by Crippen LogP contribution is -2.29. The second kappa shape index (κ2) is 4.73. The summed E-state index contributed by atoms with van der Waals surface area (Å²) in [6.07, 6.45) is 2.31. The van der Waals surface area contributed by atoms with E-state index < -0.39 is 5.41 Å². The largest absolute Gasteiger partial charge is 0.454 e. The predicted molar refractivity (Wildman–Crippen MR) is 81.6 cm³/mol. The van der Waals surface area contributed by atoms with Gasteiger partial charge in [0.05, 0.1) is 14.9 Å². The Hall–Kier alpha value is -1.08. The number of nitrogens with one attached hydrogen (secondary N) is 1. The predicted octanol–water partition coefficient (Wildman–Crippen LogP) is 2.76. The van der Waals surface area contributed by atoms with E-state index in [9.17, 15) is 4.79 Å². The summed E-state index contributed by atoms with van der Waals surface area (Å²) in [6, 6.07) is 5.48. The van der Waals surface area contributed by atoms with Gasteiger partial charge in [-0.1, -0.05) is 31.9 Å². The lowest BCUT2D eigenvalue weighted by molar-refractivity contribution is -0.125. The fourth-order valence-corrected chi connectivity index (χ4v) is 3.41. The number of hydrogen-bond acceptors (Lipinski definition) is 4. The Kier molecular flexibility index (Phi) is 3.29. The van der Waals surface area contributed by atoms with Gasteiger partial charge >= 0.3 is 0 Å². The van der Waals surface area contributed by atoms with E-state index in [0.29, 0.717) is 5.75 Å². The molecule has 1 fully saturated rings. The molecule has 106 valence electrons. The smallest absolute Gasteiger partial charge is 0.248 e. The zero-order valence-corrected chi connectivity index (χ0v) is 13.8. The van der Waals surface area contributed by atoms with E-state index in [0.717, 1.165) is 17.7 Å². The number of halogens is 2. The molecule has 3 rings (SSSR count). The molecule has 20 heavy (non-hydrogen) atoms. The molecule has 5 nitrogen and oxygen atoms in total. The number of benzene rings is 1. The van der Waals surface area contributed by atoms with Crippen molar-refractivity contribution in [1.29, 1.82) is 0 Å². The van der Waals surface area contributed by atoms with Crippen LogP contribution in [0.3, 0.4) is 0 Å². The molecule has 1 aliphatic carbocycles. The maximum Gasteiger partial charge on any atom is 0.248 e. The van der Waals surface area contributed by atoms with E-state index in [-0.39, 0.29) is 15.9 Å². The molecular weight excluding hydrogens is 392 g/mol. The van der Waals surface area contributed by atoms with Crippen LogP contribution >= 0.6 is 31.9 Å². The maximum atomic E-state index is 12.0. The van der Waals surface area contributed by atoms with Crippen LogP contribution in [0.25, 0.3) is 0 Å². The van der Waals surface area contributed by atoms with Crippen LogP contribution < -0.4 is 14.9 Å². The van der Waals surface area contributed by atoms with Crippen molar-refractivity contribution >= 4 is 44.0 Å². The van der Waals surface area contributed by atoms with Crippen LogP contribution in [0.5, 0.6) is 11.5 Å². The minimum atomic E-state index is -0.473. The molecule has 1 aromatic rings. The Morgan fingerprint density at radius 2 is 2.10 bits per heavy atom. The van der Waals surface area contributed by atoms with E-state index in [1.54, 1.807) is 6.21 Å². The average Bonchev–Trinajstić information content (AvgIpc) is 2.77. The molecule has 0 radical (unpaired) electrons. The Balaban J connectivity index is 1.63. The van der Waals surface area contributed by atoms with Crippen molar-refractivity contribution in [3.05, 3.63) is 23.8 Å². The summed E-state index contributed by atoms with van der Waals surface area (Å²) in [5.74, 6) is 1.29. The minimum Gasteiger partial charge on any atom is -0.454 e. The van der Waals surface area contributed by atoms with Crippen molar-refractivity contribution in [1.82, 2.24) is 5.43 Å². The van der Waals surface area contributed by atoms with Gasteiger partial charge in [0.15, 0.2) is 11.5 Å². The summed E-state index contributed by atoms with van der Waals surface area (Å²) in [5, 5.41) is 3.98. The van der Waals surface area contributed by atoms with Crippen LogP contribution in [-0.4, -0.2) is 22.1 Å². The zero-order valence-electron chi connectivity index (χ0n) is 10.7. The number of ether oxygens (including phenoxy) is 2. The molecule has 2 aliphatic rings. The van der Waals surface area contributed by atoms with Gasteiger partial charge in [-0.15, -0.1) is 0 Å². The van der Waals surface area contributed by atoms with Gasteiger partial charge in [0.25, 0.3) is 0 Å². The number of carbonyl (C=O) groups excluding carboxylic acids is 1. The average molecular weight is 404 g/mol. The van der Waals surface area contributed by atoms with Gasteiger partial charge in [-0.2, -0.15) is 5.10 Å². The number of carbonyl (C=O) groups is 1. The number of hydrazone groups is 1. The summed E-state index contributed by atoms with van der Waals surface area (Å²) in [5.41, 5.74) is 2.92. The van der Waals surface area contributed by atoms with Crippen molar-refractivity contribution in [2.75, 3.05) is 6.79 Å². The summed E-state index contributed by atoms with van der Waals surface area (Å²) in [6.45, 7) is 2.12. The Bertz CT molecular complexity index is 603. The standard InChI is InChI=1S/C13H12Br2N2O3/c1-12(6-13(12,14)15)11(18)17-16-5-8-2-3-9-10(4-8)20-7-19-9/h2-5H,6-7H2,1H3,(H,17,18)/b16-5-/t12-/m0/s1. The number of fused-ring (bicyclic) bond motifs is 1. The van der Waals surface area contributed by atoms with Gasteiger partial charge in [0.1, 0.15) is 0 Å². The molecule has 1 aliphatic heterocycles. The molecule has 1 saturated carbocycles. The first kappa shape index (κ1) is 13.9. The number of alkyl halides is 2. The maximum absolute atomic E-state index is 12.0. The minimum absolute atomic E-state index is 0.122. The van der Waals surface area contributed by atoms with Crippen molar-refractivity contribution in [3.8, 4) is 11.5 Å². The molecular formula is C13H12Br2N2O3. The second-order valence-electron chi connectivity index (χ2n) is 5.03. The van der Waals surface area contributed by atoms with Gasteiger partial charge in [0.2, 0.25) is 12.7 Å². The third-order valence-electron chi connectivity index (χ3n) is 3.54. The molecule has 1 amide bonds. The highest BCUT2D eigenvalue weighted by molar-refractivity contribution is 9.25. The van der Waals surface area contributed by atoms with E-state index in [1.807, 2.05) is 25.1 Å². The second-order valence-corrected chi connectivity index (χ2v) is 8.80. The number of amides is 1. The molecule has 1 aromatic carbocycles. The van der Waals surface area contributed by atoms with E-state index in [1.165, 1.54) is 0 Å². The monoisotopic (exact) mass is 402 g/mol. The highest BCUT2D eigenvalue weighted by Crippen LogP contribution is 2.66. The fraction of sp³-hybridized carbons (Fsp3) is 0.385. The van der Waals surface area contributed by atoms with Crippen molar-refractivity contribution < 1.29 is 14.3 Å². The van der Waals surface area contributed by atoms with E-state index in [4.69, 9.17) is 9.47 Å². The molecule has 0 saturated heterocycles. The first-order valence-corrected chi connectivity index (χ1v) is 7.62. The van der Waals surface area contributed by atoms with Crippen molar-refractivity contribution in [3.63, 3.8) is 0 Å². The fourth-order valence-electron chi connectivity index (χ4n) is 1.93. The molecule has 0 aromatic heterocycles. The molecule has 0 unspecified atom stereocenters. The quantitative estimate of drug-likeness (QED) is 0.479. The van der Waals surface area contributed by atoms with Gasteiger partial charge in [-0.05, 0) is 37.1 Å². The summed E-state index contributed by atoms with van der Waals surface area (Å²) in [7, 11) is 0. The van der Waals surface area contributed by atoms with Crippen LogP contribution in [0.15, 0.2) is 23.3 Å². The van der Waals surface area contributed by atoms with Crippen LogP contribution in [0, 0.1) is 5.41 Å². The zero-order chi connectivity index (χ0) is 14.4. The highest BCUT2D eigenvalue weighted by atomic mass is 79.9. The Labute approximate surface area is 133 Å². The van der Waals surface area contributed by atoms with Crippen molar-refractivity contribution in [2.24, 2.45) is 10.5 Å². The van der Waals surface area contributed by atoms with Crippen LogP contribution in [0.2, 0.25) is 0 Å². The molecule has 1 atom stereocenters. The highest BCUT2D eigenvalue weighted by Gasteiger charge is 2.66. The van der Waals surface area contributed by atoms with Crippen molar-refractivity contribution in [2.45, 2.75) is 16.6 Å². The Morgan fingerprint density at radius 3 is 2.80 bits per heavy atom. The first-order chi connectivity index (χ1) is 9.42. The Morgan fingerprint density at radius 1 is 1.40 bits per heavy atom. The number of nitrogens with zero attached hydrogens (tertiary/aromatic N) is 1. The van der Waals surface area contributed by atoms with Gasteiger partial charge < -0.3 is 9.47 Å². The molecule has 1 heterocycles. The SMILES string of the molecule is C[C@@]1(C(=O)N/N=C\c2ccc3c(c2)OCO3)CC1(Br)Br. The third kappa shape index (κ3) is 2.33. The summed E-state index contributed by atoms with van der Waals surface area (Å²) in [4.78, 5) is 12.0. The molecule has 0 spiro atoms. The normalized spacial score (nSPS) is 25.8. The lowest BCUT2D eigenvalue weighted by atomic mass is 10.1.